The van der Waals surface area contributed by atoms with Crippen LogP contribution in [0.1, 0.15) is 24.1 Å². The molecule has 1 amide bonds. The molecule has 1 atom stereocenters. The third-order valence-electron chi connectivity index (χ3n) is 5.24. The number of pyridine rings is 1. The molecular formula is C20H20N4O. The number of anilines is 2. The summed E-state index contributed by atoms with van der Waals surface area (Å²) in [5.41, 5.74) is 2.40. The van der Waals surface area contributed by atoms with E-state index in [2.05, 4.69) is 16.0 Å². The first kappa shape index (κ1) is 15.6. The summed E-state index contributed by atoms with van der Waals surface area (Å²) in [7, 11) is 0. The minimum atomic E-state index is -0.0227. The Labute approximate surface area is 147 Å². The number of aromatic nitrogens is 1. The second kappa shape index (κ2) is 5.89. The molecule has 0 saturated carbocycles. The van der Waals surface area contributed by atoms with Crippen LogP contribution in [0.4, 0.5) is 11.5 Å². The van der Waals surface area contributed by atoms with Crippen molar-refractivity contribution in [2.45, 2.75) is 19.8 Å². The molecule has 0 aliphatic carbocycles. The topological polar surface area (TPSA) is 60.2 Å². The van der Waals surface area contributed by atoms with E-state index in [1.54, 1.807) is 12.1 Å². The van der Waals surface area contributed by atoms with Gasteiger partial charge >= 0.3 is 0 Å². The molecule has 4 rings (SSSR count). The molecule has 1 aromatic carbocycles. The first-order valence-corrected chi connectivity index (χ1v) is 8.58. The molecule has 5 nitrogen and oxygen atoms in total. The largest absolute Gasteiger partial charge is 0.356 e. The SMILES string of the molecule is Cc1cccc(N2CCC3(CC(=O)N(c4cccc(C#N)c4)C3)C2)n1. The van der Waals surface area contributed by atoms with Gasteiger partial charge in [-0.05, 0) is 43.7 Å². The number of carbonyl (C=O) groups excluding carboxylic acids is 1. The Hall–Kier alpha value is -2.87. The Kier molecular flexibility index (Phi) is 3.69. The van der Waals surface area contributed by atoms with Gasteiger partial charge in [0.25, 0.3) is 0 Å². The minimum absolute atomic E-state index is 0.0227. The van der Waals surface area contributed by atoms with Gasteiger partial charge in [-0.2, -0.15) is 5.26 Å². The molecule has 2 saturated heterocycles. The van der Waals surface area contributed by atoms with Crippen LogP contribution in [0.2, 0.25) is 0 Å². The van der Waals surface area contributed by atoms with Crippen LogP contribution < -0.4 is 9.80 Å². The van der Waals surface area contributed by atoms with Gasteiger partial charge in [0.15, 0.2) is 0 Å². The lowest BCUT2D eigenvalue weighted by molar-refractivity contribution is -0.117. The fraction of sp³-hybridized carbons (Fsp3) is 0.350. The molecule has 2 aliphatic rings. The highest BCUT2D eigenvalue weighted by Gasteiger charge is 2.48. The van der Waals surface area contributed by atoms with Crippen LogP contribution in [-0.4, -0.2) is 30.5 Å². The maximum atomic E-state index is 12.6. The summed E-state index contributed by atoms with van der Waals surface area (Å²) < 4.78 is 0. The van der Waals surface area contributed by atoms with Crippen molar-refractivity contribution in [3.05, 3.63) is 53.7 Å². The molecule has 0 N–H and O–H groups in total. The van der Waals surface area contributed by atoms with Crippen molar-refractivity contribution in [3.8, 4) is 6.07 Å². The molecule has 1 aromatic heterocycles. The zero-order chi connectivity index (χ0) is 17.4. The van der Waals surface area contributed by atoms with Crippen LogP contribution in [0.3, 0.4) is 0 Å². The first-order chi connectivity index (χ1) is 12.1. The van der Waals surface area contributed by atoms with Crippen LogP contribution in [-0.2, 0) is 4.79 Å². The van der Waals surface area contributed by atoms with Gasteiger partial charge in [0, 0.05) is 42.9 Å². The monoisotopic (exact) mass is 332 g/mol. The standard InChI is InChI=1S/C20H20N4O/c1-15-4-2-7-18(22-15)23-9-8-20(13-23)11-19(25)24(14-20)17-6-3-5-16(10-17)12-21/h2-7,10H,8-9,11,13-14H2,1H3. The number of hydrogen-bond acceptors (Lipinski definition) is 4. The van der Waals surface area contributed by atoms with Crippen molar-refractivity contribution in [1.29, 1.82) is 5.26 Å². The number of benzene rings is 1. The van der Waals surface area contributed by atoms with Crippen molar-refractivity contribution < 1.29 is 4.79 Å². The second-order valence-electron chi connectivity index (χ2n) is 7.13. The molecule has 25 heavy (non-hydrogen) atoms. The van der Waals surface area contributed by atoms with Gasteiger partial charge in [0.05, 0.1) is 11.6 Å². The van der Waals surface area contributed by atoms with Crippen molar-refractivity contribution in [2.75, 3.05) is 29.4 Å². The smallest absolute Gasteiger partial charge is 0.227 e. The summed E-state index contributed by atoms with van der Waals surface area (Å²) in [6, 6.07) is 15.5. The number of nitrogens with zero attached hydrogens (tertiary/aromatic N) is 4. The number of aryl methyl sites for hydroxylation is 1. The van der Waals surface area contributed by atoms with Crippen molar-refractivity contribution >= 4 is 17.4 Å². The molecule has 2 aromatic rings. The highest BCUT2D eigenvalue weighted by Crippen LogP contribution is 2.42. The van der Waals surface area contributed by atoms with Crippen LogP contribution in [0.5, 0.6) is 0 Å². The zero-order valence-electron chi connectivity index (χ0n) is 14.3. The van der Waals surface area contributed by atoms with Gasteiger partial charge in [-0.15, -0.1) is 0 Å². The van der Waals surface area contributed by atoms with E-state index in [1.807, 2.05) is 42.2 Å². The van der Waals surface area contributed by atoms with E-state index in [1.165, 1.54) is 0 Å². The molecule has 1 unspecified atom stereocenters. The van der Waals surface area contributed by atoms with E-state index >= 15 is 0 Å². The Morgan fingerprint density at radius 3 is 2.84 bits per heavy atom. The van der Waals surface area contributed by atoms with Crippen molar-refractivity contribution in [2.24, 2.45) is 5.41 Å². The number of carbonyl (C=O) groups is 1. The summed E-state index contributed by atoms with van der Waals surface area (Å²) in [4.78, 5) is 21.4. The average molecular weight is 332 g/mol. The highest BCUT2D eigenvalue weighted by atomic mass is 16.2. The number of hydrogen-bond donors (Lipinski definition) is 0. The van der Waals surface area contributed by atoms with Gasteiger partial charge in [-0.1, -0.05) is 12.1 Å². The number of nitriles is 1. The van der Waals surface area contributed by atoms with Gasteiger partial charge < -0.3 is 9.80 Å². The zero-order valence-corrected chi connectivity index (χ0v) is 14.3. The van der Waals surface area contributed by atoms with Gasteiger partial charge in [0.1, 0.15) is 5.82 Å². The van der Waals surface area contributed by atoms with Crippen LogP contribution in [0.15, 0.2) is 42.5 Å². The Morgan fingerprint density at radius 2 is 2.04 bits per heavy atom. The van der Waals surface area contributed by atoms with E-state index in [-0.39, 0.29) is 11.3 Å². The fourth-order valence-corrected chi connectivity index (χ4v) is 3.98. The maximum absolute atomic E-state index is 12.6. The lowest BCUT2D eigenvalue weighted by atomic mass is 9.86. The predicted molar refractivity (Wildman–Crippen MR) is 96.4 cm³/mol. The van der Waals surface area contributed by atoms with E-state index in [0.29, 0.717) is 18.5 Å². The molecule has 5 heteroatoms. The molecule has 3 heterocycles. The molecule has 2 fully saturated rings. The number of rotatable bonds is 2. The summed E-state index contributed by atoms with van der Waals surface area (Å²) >= 11 is 0. The van der Waals surface area contributed by atoms with Crippen LogP contribution >= 0.6 is 0 Å². The quantitative estimate of drug-likeness (QED) is 0.848. The van der Waals surface area contributed by atoms with Gasteiger partial charge in [-0.3, -0.25) is 4.79 Å². The fourth-order valence-electron chi connectivity index (χ4n) is 3.98. The molecule has 126 valence electrons. The lowest BCUT2D eigenvalue weighted by Crippen LogP contribution is -2.31. The van der Waals surface area contributed by atoms with E-state index < -0.39 is 0 Å². The Bertz CT molecular complexity index is 872. The molecule has 0 bridgehead atoms. The van der Waals surface area contributed by atoms with E-state index in [4.69, 9.17) is 5.26 Å². The molecule has 2 aliphatic heterocycles. The van der Waals surface area contributed by atoms with Crippen molar-refractivity contribution in [1.82, 2.24) is 4.98 Å². The summed E-state index contributed by atoms with van der Waals surface area (Å²) in [5, 5.41) is 9.09. The van der Waals surface area contributed by atoms with E-state index in [9.17, 15) is 4.79 Å². The highest BCUT2D eigenvalue weighted by molar-refractivity contribution is 5.96. The van der Waals surface area contributed by atoms with Gasteiger partial charge in [-0.25, -0.2) is 4.98 Å². The first-order valence-electron chi connectivity index (χ1n) is 8.58. The normalized spacial score (nSPS) is 22.6. The molecule has 1 spiro atoms. The van der Waals surface area contributed by atoms with Crippen LogP contribution in [0, 0.1) is 23.7 Å². The predicted octanol–water partition coefficient (Wildman–Crippen LogP) is 2.90. The summed E-state index contributed by atoms with van der Waals surface area (Å²) in [6.07, 6.45) is 1.55. The lowest BCUT2D eigenvalue weighted by Gasteiger charge is -2.25. The third kappa shape index (κ3) is 2.85. The Morgan fingerprint density at radius 1 is 1.20 bits per heavy atom. The summed E-state index contributed by atoms with van der Waals surface area (Å²) in [5.74, 6) is 1.14. The van der Waals surface area contributed by atoms with Crippen molar-refractivity contribution in [3.63, 3.8) is 0 Å². The van der Waals surface area contributed by atoms with E-state index in [0.717, 1.165) is 36.7 Å². The van der Waals surface area contributed by atoms with Crippen LogP contribution in [0.25, 0.3) is 0 Å². The maximum Gasteiger partial charge on any atom is 0.227 e. The average Bonchev–Trinajstić information content (AvgIpc) is 3.18. The number of amides is 1. The molecule has 0 radical (unpaired) electrons. The second-order valence-corrected chi connectivity index (χ2v) is 7.13. The Balaban J connectivity index is 1.55. The molecular weight excluding hydrogens is 312 g/mol. The minimum Gasteiger partial charge on any atom is -0.356 e. The van der Waals surface area contributed by atoms with Gasteiger partial charge in [0.2, 0.25) is 5.91 Å². The summed E-state index contributed by atoms with van der Waals surface area (Å²) in [6.45, 7) is 4.49. The third-order valence-corrected chi connectivity index (χ3v) is 5.24.